The summed E-state index contributed by atoms with van der Waals surface area (Å²) < 4.78 is 3.79. The largest absolute Gasteiger partial charge is 0.271 e. The molecule has 1 saturated carbocycles. The Hall–Kier alpha value is -0.940. The predicted molar refractivity (Wildman–Crippen MR) is 73.2 cm³/mol. The average Bonchev–Trinajstić information content (AvgIpc) is 3.08. The zero-order chi connectivity index (χ0) is 12.0. The molecule has 3 rings (SSSR count). The Bertz CT molecular complexity index is 625. The minimum absolute atomic E-state index is 0.565. The summed E-state index contributed by atoms with van der Waals surface area (Å²) in [5.74, 6) is 1.62. The van der Waals surface area contributed by atoms with E-state index in [4.69, 9.17) is 12.2 Å². The third-order valence-electron chi connectivity index (χ3n) is 3.05. The summed E-state index contributed by atoms with van der Waals surface area (Å²) in [6.07, 6.45) is 2.42. The molecular formula is C12H12BrN3S. The zero-order valence-electron chi connectivity index (χ0n) is 9.40. The van der Waals surface area contributed by atoms with Crippen LogP contribution in [0.5, 0.6) is 0 Å². The number of nitrogens with one attached hydrogen (secondary N) is 1. The average molecular weight is 310 g/mol. The number of halogens is 1. The Morgan fingerprint density at radius 3 is 2.94 bits per heavy atom. The molecule has 5 heteroatoms. The summed E-state index contributed by atoms with van der Waals surface area (Å²) in [5, 5.41) is 7.25. The molecular weight excluding hydrogens is 298 g/mol. The number of nitrogens with zero attached hydrogens (tertiary/aromatic N) is 2. The highest BCUT2D eigenvalue weighted by atomic mass is 79.9. The Morgan fingerprint density at radius 2 is 2.24 bits per heavy atom. The first-order chi connectivity index (χ1) is 8.18. The Balaban J connectivity index is 2.24. The van der Waals surface area contributed by atoms with Crippen LogP contribution in [0.4, 0.5) is 0 Å². The Kier molecular flexibility index (Phi) is 2.67. The van der Waals surface area contributed by atoms with Gasteiger partial charge in [-0.25, -0.2) is 0 Å². The molecule has 1 heterocycles. The van der Waals surface area contributed by atoms with E-state index >= 15 is 0 Å². The molecule has 2 aromatic rings. The SMILES string of the molecule is Cc1cccc(-n2c(C3CC3)n[nH]c2=S)c1Br. The lowest BCUT2D eigenvalue weighted by molar-refractivity contribution is 0.865. The van der Waals surface area contributed by atoms with Gasteiger partial charge < -0.3 is 0 Å². The summed E-state index contributed by atoms with van der Waals surface area (Å²) in [7, 11) is 0. The smallest absolute Gasteiger partial charge is 0.199 e. The number of H-pyrrole nitrogens is 1. The maximum absolute atomic E-state index is 5.33. The van der Waals surface area contributed by atoms with E-state index in [0.717, 1.165) is 16.0 Å². The topological polar surface area (TPSA) is 33.6 Å². The second-order valence-corrected chi connectivity index (χ2v) is 5.58. The van der Waals surface area contributed by atoms with Crippen LogP contribution < -0.4 is 0 Å². The molecule has 1 aliphatic carbocycles. The van der Waals surface area contributed by atoms with Gasteiger partial charge in [-0.3, -0.25) is 9.67 Å². The van der Waals surface area contributed by atoms with Crippen LogP contribution in [-0.4, -0.2) is 14.8 Å². The van der Waals surface area contributed by atoms with Crippen LogP contribution >= 0.6 is 28.1 Å². The third kappa shape index (κ3) is 1.87. The molecule has 0 bridgehead atoms. The van der Waals surface area contributed by atoms with Gasteiger partial charge in [-0.1, -0.05) is 12.1 Å². The van der Waals surface area contributed by atoms with Crippen molar-refractivity contribution in [3.8, 4) is 5.69 Å². The molecule has 17 heavy (non-hydrogen) atoms. The highest BCUT2D eigenvalue weighted by Gasteiger charge is 2.29. The van der Waals surface area contributed by atoms with Gasteiger partial charge in [0.2, 0.25) is 0 Å². The first kappa shape index (κ1) is 11.2. The van der Waals surface area contributed by atoms with E-state index in [2.05, 4.69) is 45.2 Å². The van der Waals surface area contributed by atoms with Gasteiger partial charge in [-0.2, -0.15) is 5.10 Å². The van der Waals surface area contributed by atoms with Crippen molar-refractivity contribution in [3.63, 3.8) is 0 Å². The van der Waals surface area contributed by atoms with Gasteiger partial charge in [0.05, 0.1) is 5.69 Å². The number of aromatic nitrogens is 3. The lowest BCUT2D eigenvalue weighted by Crippen LogP contribution is -2.01. The van der Waals surface area contributed by atoms with Gasteiger partial charge in [0.25, 0.3) is 0 Å². The van der Waals surface area contributed by atoms with Crippen LogP contribution in [0.15, 0.2) is 22.7 Å². The standard InChI is InChI=1S/C12H12BrN3S/c1-7-3-2-4-9(10(7)13)16-11(8-5-6-8)14-15-12(16)17/h2-4,8H,5-6H2,1H3,(H,15,17). The maximum Gasteiger partial charge on any atom is 0.199 e. The van der Waals surface area contributed by atoms with Crippen molar-refractivity contribution in [1.29, 1.82) is 0 Å². The molecule has 88 valence electrons. The van der Waals surface area contributed by atoms with Crippen molar-refractivity contribution in [2.24, 2.45) is 0 Å². The fourth-order valence-corrected chi connectivity index (χ4v) is 2.64. The number of aromatic amines is 1. The van der Waals surface area contributed by atoms with E-state index < -0.39 is 0 Å². The summed E-state index contributed by atoms with van der Waals surface area (Å²) in [6.45, 7) is 2.08. The molecule has 3 nitrogen and oxygen atoms in total. The van der Waals surface area contributed by atoms with Crippen molar-refractivity contribution >= 4 is 28.1 Å². The Morgan fingerprint density at radius 1 is 1.47 bits per heavy atom. The second kappa shape index (κ2) is 4.07. The van der Waals surface area contributed by atoms with Crippen LogP contribution in [0.3, 0.4) is 0 Å². The molecule has 0 spiro atoms. The monoisotopic (exact) mass is 309 g/mol. The number of benzene rings is 1. The summed E-state index contributed by atoms with van der Waals surface area (Å²) >= 11 is 8.96. The third-order valence-corrected chi connectivity index (χ3v) is 4.36. The van der Waals surface area contributed by atoms with E-state index in [1.54, 1.807) is 0 Å². The van der Waals surface area contributed by atoms with Crippen LogP contribution in [0, 0.1) is 11.7 Å². The zero-order valence-corrected chi connectivity index (χ0v) is 11.8. The van der Waals surface area contributed by atoms with Crippen molar-refractivity contribution in [2.75, 3.05) is 0 Å². The maximum atomic E-state index is 5.33. The molecule has 1 aliphatic rings. The van der Waals surface area contributed by atoms with Gasteiger partial charge in [0, 0.05) is 10.4 Å². The van der Waals surface area contributed by atoms with E-state index in [0.29, 0.717) is 10.7 Å². The van der Waals surface area contributed by atoms with Gasteiger partial charge >= 0.3 is 0 Å². The fourth-order valence-electron chi connectivity index (χ4n) is 1.96. The highest BCUT2D eigenvalue weighted by molar-refractivity contribution is 9.10. The van der Waals surface area contributed by atoms with E-state index in [9.17, 15) is 0 Å². The first-order valence-corrected chi connectivity index (χ1v) is 6.81. The van der Waals surface area contributed by atoms with Crippen LogP contribution in [0.2, 0.25) is 0 Å². The van der Waals surface area contributed by atoms with Crippen LogP contribution in [0.1, 0.15) is 30.1 Å². The van der Waals surface area contributed by atoms with E-state index in [1.807, 2.05) is 10.6 Å². The lowest BCUT2D eigenvalue weighted by atomic mass is 10.2. The van der Waals surface area contributed by atoms with E-state index in [1.165, 1.54) is 18.4 Å². The fraction of sp³-hybridized carbons (Fsp3) is 0.333. The molecule has 1 fully saturated rings. The van der Waals surface area contributed by atoms with Gasteiger partial charge in [-0.15, -0.1) is 0 Å². The second-order valence-electron chi connectivity index (χ2n) is 4.40. The molecule has 0 atom stereocenters. The van der Waals surface area contributed by atoms with Crippen LogP contribution in [0.25, 0.3) is 5.69 Å². The van der Waals surface area contributed by atoms with Crippen molar-refractivity contribution in [2.45, 2.75) is 25.7 Å². The van der Waals surface area contributed by atoms with Crippen molar-refractivity contribution in [3.05, 3.63) is 38.8 Å². The van der Waals surface area contributed by atoms with Gasteiger partial charge in [0.1, 0.15) is 5.82 Å². The normalized spacial score (nSPS) is 15.2. The molecule has 1 N–H and O–H groups in total. The Labute approximate surface area is 113 Å². The molecule has 0 unspecified atom stereocenters. The number of aryl methyl sites for hydroxylation is 1. The molecule has 0 aliphatic heterocycles. The van der Waals surface area contributed by atoms with E-state index in [-0.39, 0.29) is 0 Å². The van der Waals surface area contributed by atoms with Crippen molar-refractivity contribution < 1.29 is 0 Å². The predicted octanol–water partition coefficient (Wildman–Crippen LogP) is 3.88. The minimum atomic E-state index is 0.565. The highest BCUT2D eigenvalue weighted by Crippen LogP contribution is 2.40. The summed E-state index contributed by atoms with van der Waals surface area (Å²) in [4.78, 5) is 0. The van der Waals surface area contributed by atoms with Gasteiger partial charge in [-0.05, 0) is 59.5 Å². The van der Waals surface area contributed by atoms with Gasteiger partial charge in [0.15, 0.2) is 4.77 Å². The molecule has 0 amide bonds. The summed E-state index contributed by atoms with van der Waals surface area (Å²) in [6, 6.07) is 6.18. The van der Waals surface area contributed by atoms with Crippen LogP contribution in [-0.2, 0) is 0 Å². The number of rotatable bonds is 2. The first-order valence-electron chi connectivity index (χ1n) is 5.61. The molecule has 1 aromatic heterocycles. The van der Waals surface area contributed by atoms with Crippen molar-refractivity contribution in [1.82, 2.24) is 14.8 Å². The molecule has 0 saturated heterocycles. The molecule has 0 radical (unpaired) electrons. The lowest BCUT2D eigenvalue weighted by Gasteiger charge is -2.10. The summed E-state index contributed by atoms with van der Waals surface area (Å²) in [5.41, 5.74) is 2.28. The quantitative estimate of drug-likeness (QED) is 0.854. The number of hydrogen-bond acceptors (Lipinski definition) is 2. The minimum Gasteiger partial charge on any atom is -0.271 e. The number of hydrogen-bond donors (Lipinski definition) is 1. The molecule has 1 aromatic carbocycles.